The van der Waals surface area contributed by atoms with E-state index < -0.39 is 0 Å². The Morgan fingerprint density at radius 3 is 2.83 bits per heavy atom. The zero-order chi connectivity index (χ0) is 17.3. The third-order valence-corrected chi connectivity index (χ3v) is 4.33. The van der Waals surface area contributed by atoms with Gasteiger partial charge in [-0.2, -0.15) is 10.4 Å². The maximum atomic E-state index is 12.5. The number of nitriles is 1. The monoisotopic (exact) mass is 321 g/mol. The van der Waals surface area contributed by atoms with E-state index in [2.05, 4.69) is 35.8 Å². The van der Waals surface area contributed by atoms with Crippen molar-refractivity contribution >= 4 is 22.6 Å². The van der Waals surface area contributed by atoms with Crippen molar-refractivity contribution in [2.45, 2.75) is 33.9 Å². The molecule has 3 aromatic rings. The van der Waals surface area contributed by atoms with Gasteiger partial charge >= 0.3 is 0 Å². The number of aryl methyl sites for hydroxylation is 2. The molecule has 6 heteroatoms. The first-order valence-corrected chi connectivity index (χ1v) is 7.86. The van der Waals surface area contributed by atoms with E-state index >= 15 is 0 Å². The minimum atomic E-state index is -0.208. The number of hydrogen-bond donors (Lipinski definition) is 1. The zero-order valence-corrected chi connectivity index (χ0v) is 14.0. The molecule has 1 aromatic carbocycles. The first-order chi connectivity index (χ1) is 11.5. The topological polar surface area (TPSA) is 75.6 Å². The number of benzene rings is 1. The molecule has 0 spiro atoms. The second kappa shape index (κ2) is 6.20. The van der Waals surface area contributed by atoms with E-state index in [1.54, 1.807) is 12.3 Å². The zero-order valence-electron chi connectivity index (χ0n) is 14.0. The molecule has 1 N–H and O–H groups in total. The number of nitrogens with zero attached hydrogens (tertiary/aromatic N) is 4. The SMILES string of the molecule is CCn1c(C)c(C)c2cc(C(=O)Nc3ccn(CC#N)n3)ccc21. The van der Waals surface area contributed by atoms with Crippen molar-refractivity contribution < 1.29 is 4.79 Å². The van der Waals surface area contributed by atoms with E-state index in [4.69, 9.17) is 5.26 Å². The summed E-state index contributed by atoms with van der Waals surface area (Å²) in [5.74, 6) is 0.231. The summed E-state index contributed by atoms with van der Waals surface area (Å²) in [6, 6.07) is 9.42. The van der Waals surface area contributed by atoms with Crippen LogP contribution in [0.2, 0.25) is 0 Å². The van der Waals surface area contributed by atoms with Crippen LogP contribution in [0.15, 0.2) is 30.5 Å². The predicted octanol–water partition coefficient (Wildman–Crippen LogP) is 3.25. The highest BCUT2D eigenvalue weighted by Crippen LogP contribution is 2.26. The summed E-state index contributed by atoms with van der Waals surface area (Å²) in [5.41, 5.74) is 4.15. The first kappa shape index (κ1) is 15.8. The van der Waals surface area contributed by atoms with Crippen molar-refractivity contribution in [2.24, 2.45) is 0 Å². The van der Waals surface area contributed by atoms with Gasteiger partial charge in [0.25, 0.3) is 5.91 Å². The molecule has 0 aliphatic heterocycles. The first-order valence-electron chi connectivity index (χ1n) is 7.86. The Morgan fingerprint density at radius 2 is 2.12 bits per heavy atom. The van der Waals surface area contributed by atoms with Crippen LogP contribution < -0.4 is 5.32 Å². The fourth-order valence-electron chi connectivity index (χ4n) is 2.98. The molecular formula is C18H19N5O. The molecule has 0 fully saturated rings. The molecule has 0 radical (unpaired) electrons. The van der Waals surface area contributed by atoms with Crippen LogP contribution in [0, 0.1) is 25.2 Å². The number of carbonyl (C=O) groups excluding carboxylic acids is 1. The van der Waals surface area contributed by atoms with E-state index in [-0.39, 0.29) is 12.5 Å². The van der Waals surface area contributed by atoms with E-state index in [9.17, 15) is 4.79 Å². The minimum absolute atomic E-state index is 0.158. The highest BCUT2D eigenvalue weighted by atomic mass is 16.1. The molecule has 2 heterocycles. The summed E-state index contributed by atoms with van der Waals surface area (Å²) in [5, 5.41) is 16.7. The lowest BCUT2D eigenvalue weighted by Crippen LogP contribution is -2.12. The average Bonchev–Trinajstić information content (AvgIpc) is 3.11. The molecule has 2 aromatic heterocycles. The van der Waals surface area contributed by atoms with E-state index in [1.165, 1.54) is 15.9 Å². The van der Waals surface area contributed by atoms with Crippen LogP contribution in [0.25, 0.3) is 10.9 Å². The Kier molecular flexibility index (Phi) is 4.09. The Hall–Kier alpha value is -3.07. The Morgan fingerprint density at radius 1 is 1.33 bits per heavy atom. The van der Waals surface area contributed by atoms with Crippen LogP contribution >= 0.6 is 0 Å². The van der Waals surface area contributed by atoms with Crippen LogP contribution in [0.4, 0.5) is 5.82 Å². The minimum Gasteiger partial charge on any atom is -0.345 e. The lowest BCUT2D eigenvalue weighted by atomic mass is 10.1. The van der Waals surface area contributed by atoms with Crippen LogP contribution in [0.1, 0.15) is 28.5 Å². The summed E-state index contributed by atoms with van der Waals surface area (Å²) in [4.78, 5) is 12.5. The number of amides is 1. The van der Waals surface area contributed by atoms with Crippen molar-refractivity contribution in [1.29, 1.82) is 5.26 Å². The van der Waals surface area contributed by atoms with Crippen molar-refractivity contribution in [1.82, 2.24) is 14.3 Å². The number of rotatable bonds is 4. The number of anilines is 1. The van der Waals surface area contributed by atoms with Gasteiger partial charge in [0, 0.05) is 41.0 Å². The van der Waals surface area contributed by atoms with Gasteiger partial charge in [-0.3, -0.25) is 9.48 Å². The maximum Gasteiger partial charge on any atom is 0.256 e. The average molecular weight is 321 g/mol. The normalized spacial score (nSPS) is 10.8. The van der Waals surface area contributed by atoms with Gasteiger partial charge in [0.1, 0.15) is 6.54 Å². The molecule has 24 heavy (non-hydrogen) atoms. The molecule has 0 saturated heterocycles. The van der Waals surface area contributed by atoms with Crippen LogP contribution in [-0.2, 0) is 13.1 Å². The Labute approximate surface area is 140 Å². The maximum absolute atomic E-state index is 12.5. The van der Waals surface area contributed by atoms with Crippen molar-refractivity contribution in [3.05, 3.63) is 47.3 Å². The van der Waals surface area contributed by atoms with Gasteiger partial charge in [-0.25, -0.2) is 0 Å². The van der Waals surface area contributed by atoms with Gasteiger partial charge in [-0.05, 0) is 44.5 Å². The Bertz CT molecular complexity index is 958. The third-order valence-electron chi connectivity index (χ3n) is 4.33. The number of hydrogen-bond acceptors (Lipinski definition) is 3. The fourth-order valence-corrected chi connectivity index (χ4v) is 2.98. The second-order valence-corrected chi connectivity index (χ2v) is 5.70. The van der Waals surface area contributed by atoms with Crippen molar-refractivity contribution in [2.75, 3.05) is 5.32 Å². The number of nitrogens with one attached hydrogen (secondary N) is 1. The molecule has 0 bridgehead atoms. The number of fused-ring (bicyclic) bond motifs is 1. The summed E-state index contributed by atoms with van der Waals surface area (Å²) in [7, 11) is 0. The van der Waals surface area contributed by atoms with E-state index in [1.807, 2.05) is 24.3 Å². The smallest absolute Gasteiger partial charge is 0.256 e. The molecule has 122 valence electrons. The summed E-state index contributed by atoms with van der Waals surface area (Å²) >= 11 is 0. The summed E-state index contributed by atoms with van der Waals surface area (Å²) in [6.45, 7) is 7.35. The standard InChI is InChI=1S/C18H19N5O/c1-4-23-13(3)12(2)15-11-14(5-6-16(15)23)18(24)20-17-7-9-22(21-17)10-8-19/h5-7,9,11H,4,10H2,1-3H3,(H,20,21,24). The van der Waals surface area contributed by atoms with Crippen molar-refractivity contribution in [3.63, 3.8) is 0 Å². The highest BCUT2D eigenvalue weighted by molar-refractivity contribution is 6.06. The number of aromatic nitrogens is 3. The van der Waals surface area contributed by atoms with Crippen LogP contribution in [0.3, 0.4) is 0 Å². The van der Waals surface area contributed by atoms with Gasteiger partial charge in [0.05, 0.1) is 6.07 Å². The highest BCUT2D eigenvalue weighted by Gasteiger charge is 2.14. The van der Waals surface area contributed by atoms with Gasteiger partial charge in [0.2, 0.25) is 0 Å². The Balaban J connectivity index is 1.90. The summed E-state index contributed by atoms with van der Waals surface area (Å²) in [6.07, 6.45) is 1.66. The molecule has 0 atom stereocenters. The van der Waals surface area contributed by atoms with Gasteiger partial charge in [-0.1, -0.05) is 0 Å². The van der Waals surface area contributed by atoms with E-state index in [0.29, 0.717) is 11.4 Å². The molecule has 3 rings (SSSR count). The lowest BCUT2D eigenvalue weighted by molar-refractivity contribution is 0.102. The van der Waals surface area contributed by atoms with Gasteiger partial charge < -0.3 is 9.88 Å². The quantitative estimate of drug-likeness (QED) is 0.801. The third kappa shape index (κ3) is 2.65. The molecule has 1 amide bonds. The largest absolute Gasteiger partial charge is 0.345 e. The van der Waals surface area contributed by atoms with Gasteiger partial charge in [0.15, 0.2) is 5.82 Å². The second-order valence-electron chi connectivity index (χ2n) is 5.70. The molecular weight excluding hydrogens is 302 g/mol. The summed E-state index contributed by atoms with van der Waals surface area (Å²) < 4.78 is 3.73. The fraction of sp³-hybridized carbons (Fsp3) is 0.278. The van der Waals surface area contributed by atoms with Crippen LogP contribution in [-0.4, -0.2) is 20.3 Å². The molecule has 6 nitrogen and oxygen atoms in total. The molecule has 0 aliphatic rings. The predicted molar refractivity (Wildman–Crippen MR) is 92.9 cm³/mol. The molecule has 0 saturated carbocycles. The van der Waals surface area contributed by atoms with Crippen molar-refractivity contribution in [3.8, 4) is 6.07 Å². The van der Waals surface area contributed by atoms with E-state index in [0.717, 1.165) is 17.4 Å². The van der Waals surface area contributed by atoms with Gasteiger partial charge in [-0.15, -0.1) is 0 Å². The molecule has 0 aliphatic carbocycles. The number of carbonyl (C=O) groups is 1. The van der Waals surface area contributed by atoms with Crippen LogP contribution in [0.5, 0.6) is 0 Å². The molecule has 0 unspecified atom stereocenters. The lowest BCUT2D eigenvalue weighted by Gasteiger charge is -2.05.